The van der Waals surface area contributed by atoms with Gasteiger partial charge in [0.15, 0.2) is 0 Å². The fraction of sp³-hybridized carbons (Fsp3) is 0.111. The first-order valence-corrected chi connectivity index (χ1v) is 7.20. The molecule has 0 unspecified atom stereocenters. The Labute approximate surface area is 133 Å². The molecule has 1 heterocycles. The van der Waals surface area contributed by atoms with E-state index in [4.69, 9.17) is 4.74 Å². The first kappa shape index (κ1) is 14.8. The highest BCUT2D eigenvalue weighted by atomic mass is 19.1. The summed E-state index contributed by atoms with van der Waals surface area (Å²) in [4.78, 5) is 4.48. The number of hydrogen-bond donors (Lipinski definition) is 1. The van der Waals surface area contributed by atoms with Crippen LogP contribution in [0.5, 0.6) is 5.75 Å². The van der Waals surface area contributed by atoms with Crippen LogP contribution in [0.2, 0.25) is 0 Å². The third-order valence-electron chi connectivity index (χ3n) is 3.32. The molecule has 0 saturated carbocycles. The largest absolute Gasteiger partial charge is 0.494 e. The fourth-order valence-corrected chi connectivity index (χ4v) is 2.26. The molecule has 0 aliphatic heterocycles. The molecule has 1 N–H and O–H groups in total. The summed E-state index contributed by atoms with van der Waals surface area (Å²) in [5, 5.41) is 13.2. The van der Waals surface area contributed by atoms with Gasteiger partial charge in [0.25, 0.3) is 0 Å². The van der Waals surface area contributed by atoms with Crippen molar-refractivity contribution in [3.8, 4) is 11.8 Å². The third-order valence-corrected chi connectivity index (χ3v) is 3.32. The number of nitrogens with one attached hydrogen (secondary N) is 1. The van der Waals surface area contributed by atoms with Crippen molar-refractivity contribution in [2.75, 3.05) is 11.9 Å². The lowest BCUT2D eigenvalue weighted by atomic mass is 10.1. The number of fused-ring (bicyclic) bond motifs is 1. The number of nitriles is 1. The second kappa shape index (κ2) is 6.32. The Balaban J connectivity index is 2.01. The van der Waals surface area contributed by atoms with E-state index in [2.05, 4.69) is 16.4 Å². The molecule has 0 fully saturated rings. The molecule has 114 valence electrons. The predicted octanol–water partition coefficient (Wildman–Crippen LogP) is 4.39. The van der Waals surface area contributed by atoms with Crippen molar-refractivity contribution < 1.29 is 9.13 Å². The number of pyridine rings is 1. The molecular formula is C18H14FN3O. The third kappa shape index (κ3) is 3.22. The topological polar surface area (TPSA) is 57.9 Å². The standard InChI is InChI=1S/C18H14FN3O/c1-2-23-16-7-8-17-12(10-16)9-13(11-20)18(22-17)21-15-5-3-14(19)4-6-15/h3-10H,2H2,1H3,(H,21,22). The monoisotopic (exact) mass is 307 g/mol. The van der Waals surface area contributed by atoms with Crippen LogP contribution >= 0.6 is 0 Å². The van der Waals surface area contributed by atoms with Crippen molar-refractivity contribution in [1.82, 2.24) is 4.98 Å². The minimum absolute atomic E-state index is 0.314. The van der Waals surface area contributed by atoms with E-state index in [0.29, 0.717) is 23.7 Å². The second-order valence-electron chi connectivity index (χ2n) is 4.92. The van der Waals surface area contributed by atoms with Crippen LogP contribution in [0.1, 0.15) is 12.5 Å². The van der Waals surface area contributed by atoms with Gasteiger partial charge in [0.2, 0.25) is 0 Å². The van der Waals surface area contributed by atoms with E-state index >= 15 is 0 Å². The van der Waals surface area contributed by atoms with Crippen LogP contribution in [0.15, 0.2) is 48.5 Å². The average Bonchev–Trinajstić information content (AvgIpc) is 2.57. The van der Waals surface area contributed by atoms with Gasteiger partial charge in [0.05, 0.1) is 17.7 Å². The molecule has 3 aromatic rings. The number of anilines is 2. The Bertz CT molecular complexity index is 885. The Morgan fingerprint density at radius 3 is 2.65 bits per heavy atom. The summed E-state index contributed by atoms with van der Waals surface area (Å²) in [6.45, 7) is 2.49. The molecule has 5 heteroatoms. The molecule has 2 aromatic carbocycles. The number of aromatic nitrogens is 1. The molecule has 23 heavy (non-hydrogen) atoms. The van der Waals surface area contributed by atoms with Crippen molar-refractivity contribution in [1.29, 1.82) is 5.26 Å². The summed E-state index contributed by atoms with van der Waals surface area (Å²) >= 11 is 0. The number of nitrogens with zero attached hydrogens (tertiary/aromatic N) is 2. The van der Waals surface area contributed by atoms with E-state index in [1.807, 2.05) is 25.1 Å². The van der Waals surface area contributed by atoms with Gasteiger partial charge < -0.3 is 10.1 Å². The molecule has 1 aromatic heterocycles. The maximum Gasteiger partial charge on any atom is 0.149 e. The van der Waals surface area contributed by atoms with Gasteiger partial charge in [-0.2, -0.15) is 5.26 Å². The zero-order valence-electron chi connectivity index (χ0n) is 12.5. The molecule has 0 aliphatic carbocycles. The Hall–Kier alpha value is -3.13. The van der Waals surface area contributed by atoms with Gasteiger partial charge in [-0.25, -0.2) is 9.37 Å². The van der Waals surface area contributed by atoms with Crippen LogP contribution in [0.4, 0.5) is 15.9 Å². The molecule has 0 aliphatic rings. The molecule has 3 rings (SSSR count). The summed E-state index contributed by atoms with van der Waals surface area (Å²) in [6, 6.07) is 15.3. The maximum absolute atomic E-state index is 13.0. The summed E-state index contributed by atoms with van der Waals surface area (Å²) in [5.74, 6) is 0.867. The molecule has 0 atom stereocenters. The summed E-state index contributed by atoms with van der Waals surface area (Å²) in [5.41, 5.74) is 1.83. The molecule has 0 bridgehead atoms. The first-order chi connectivity index (χ1) is 11.2. The Morgan fingerprint density at radius 1 is 1.17 bits per heavy atom. The molecule has 0 saturated heterocycles. The first-order valence-electron chi connectivity index (χ1n) is 7.20. The minimum Gasteiger partial charge on any atom is -0.494 e. The maximum atomic E-state index is 13.0. The van der Waals surface area contributed by atoms with Crippen molar-refractivity contribution in [2.45, 2.75) is 6.92 Å². The van der Waals surface area contributed by atoms with Gasteiger partial charge in [-0.1, -0.05) is 0 Å². The van der Waals surface area contributed by atoms with E-state index in [0.717, 1.165) is 16.7 Å². The quantitative estimate of drug-likeness (QED) is 0.776. The smallest absolute Gasteiger partial charge is 0.149 e. The normalized spacial score (nSPS) is 10.3. The van der Waals surface area contributed by atoms with Gasteiger partial charge in [0.1, 0.15) is 23.5 Å². The lowest BCUT2D eigenvalue weighted by Crippen LogP contribution is -1.98. The number of hydrogen-bond acceptors (Lipinski definition) is 4. The van der Waals surface area contributed by atoms with Crippen LogP contribution < -0.4 is 10.1 Å². The number of benzene rings is 2. The highest BCUT2D eigenvalue weighted by Gasteiger charge is 2.08. The molecule has 4 nitrogen and oxygen atoms in total. The van der Waals surface area contributed by atoms with Crippen molar-refractivity contribution in [3.63, 3.8) is 0 Å². The van der Waals surface area contributed by atoms with E-state index in [-0.39, 0.29) is 5.82 Å². The summed E-state index contributed by atoms with van der Waals surface area (Å²) in [7, 11) is 0. The van der Waals surface area contributed by atoms with Gasteiger partial charge in [-0.3, -0.25) is 0 Å². The molecule has 0 amide bonds. The van der Waals surface area contributed by atoms with Crippen molar-refractivity contribution in [3.05, 3.63) is 59.9 Å². The van der Waals surface area contributed by atoms with E-state index in [1.54, 1.807) is 18.2 Å². The highest BCUT2D eigenvalue weighted by molar-refractivity contribution is 5.85. The highest BCUT2D eigenvalue weighted by Crippen LogP contribution is 2.26. The predicted molar refractivity (Wildman–Crippen MR) is 87.3 cm³/mol. The van der Waals surface area contributed by atoms with Gasteiger partial charge in [0, 0.05) is 11.1 Å². The van der Waals surface area contributed by atoms with E-state index < -0.39 is 0 Å². The van der Waals surface area contributed by atoms with Gasteiger partial charge >= 0.3 is 0 Å². The number of rotatable bonds is 4. The average molecular weight is 307 g/mol. The van der Waals surface area contributed by atoms with Crippen LogP contribution in [-0.2, 0) is 0 Å². The van der Waals surface area contributed by atoms with E-state index in [9.17, 15) is 9.65 Å². The van der Waals surface area contributed by atoms with Crippen LogP contribution in [0.25, 0.3) is 10.9 Å². The second-order valence-corrected chi connectivity index (χ2v) is 4.92. The van der Waals surface area contributed by atoms with Gasteiger partial charge in [-0.05, 0) is 55.5 Å². The lowest BCUT2D eigenvalue weighted by Gasteiger charge is -2.10. The van der Waals surface area contributed by atoms with Crippen molar-refractivity contribution >= 4 is 22.4 Å². The molecule has 0 spiro atoms. The summed E-state index contributed by atoms with van der Waals surface area (Å²) < 4.78 is 18.4. The van der Waals surface area contributed by atoms with Crippen LogP contribution in [0, 0.1) is 17.1 Å². The molecular weight excluding hydrogens is 293 g/mol. The summed E-state index contributed by atoms with van der Waals surface area (Å²) in [6.07, 6.45) is 0. The van der Waals surface area contributed by atoms with Crippen LogP contribution in [-0.4, -0.2) is 11.6 Å². The lowest BCUT2D eigenvalue weighted by molar-refractivity contribution is 0.340. The SMILES string of the molecule is CCOc1ccc2nc(Nc3ccc(F)cc3)c(C#N)cc2c1. The van der Waals surface area contributed by atoms with Gasteiger partial charge in [-0.15, -0.1) is 0 Å². The molecule has 0 radical (unpaired) electrons. The van der Waals surface area contributed by atoms with Crippen molar-refractivity contribution in [2.24, 2.45) is 0 Å². The van der Waals surface area contributed by atoms with E-state index in [1.165, 1.54) is 12.1 Å². The van der Waals surface area contributed by atoms with Crippen LogP contribution in [0.3, 0.4) is 0 Å². The zero-order chi connectivity index (χ0) is 16.2. The Morgan fingerprint density at radius 2 is 1.96 bits per heavy atom. The Kier molecular flexibility index (Phi) is 4.07. The zero-order valence-corrected chi connectivity index (χ0v) is 12.5. The number of ether oxygens (including phenoxy) is 1. The minimum atomic E-state index is -0.314. The number of halogens is 1. The fourth-order valence-electron chi connectivity index (χ4n) is 2.26.